The van der Waals surface area contributed by atoms with Crippen molar-refractivity contribution in [1.29, 1.82) is 0 Å². The average molecular weight is 530 g/mol. The SMILES string of the molecule is CCO[C@@H]1OC(C(=O)Nc2ccccc2O)=C[C@H](c2ccc(C(=O)OC)cc2)[C@@H]1CCOCCOCCO. The Kier molecular flexibility index (Phi) is 11.6. The monoisotopic (exact) mass is 529 g/mol. The summed E-state index contributed by atoms with van der Waals surface area (Å²) < 4.78 is 27.7. The largest absolute Gasteiger partial charge is 0.506 e. The fourth-order valence-corrected chi connectivity index (χ4v) is 4.15. The van der Waals surface area contributed by atoms with Crippen LogP contribution in [0.5, 0.6) is 5.75 Å². The molecule has 0 bridgehead atoms. The predicted molar refractivity (Wildman–Crippen MR) is 139 cm³/mol. The molecule has 10 nitrogen and oxygen atoms in total. The molecule has 206 valence electrons. The van der Waals surface area contributed by atoms with Gasteiger partial charge in [0.25, 0.3) is 5.91 Å². The first-order valence-electron chi connectivity index (χ1n) is 12.5. The zero-order chi connectivity index (χ0) is 27.3. The molecule has 3 N–H and O–H groups in total. The number of ether oxygens (including phenoxy) is 5. The lowest BCUT2D eigenvalue weighted by molar-refractivity contribution is -0.166. The third-order valence-electron chi connectivity index (χ3n) is 6.01. The van der Waals surface area contributed by atoms with Crippen LogP contribution in [0, 0.1) is 5.92 Å². The van der Waals surface area contributed by atoms with E-state index in [2.05, 4.69) is 5.32 Å². The second-order valence-corrected chi connectivity index (χ2v) is 8.48. The number of rotatable bonds is 14. The molecule has 2 aromatic rings. The van der Waals surface area contributed by atoms with Crippen LogP contribution in [0.25, 0.3) is 0 Å². The first-order chi connectivity index (χ1) is 18.5. The number of para-hydroxylation sites is 2. The standard InChI is InChI=1S/C28H35NO9/c1-3-37-28-21(12-14-35-16-17-36-15-13-30)22(19-8-10-20(11-9-19)27(33)34-2)18-25(38-28)26(32)29-23-6-4-5-7-24(23)31/h4-11,18,21-22,28,30-31H,3,12-17H2,1-2H3,(H,29,32)/t21-,22+,28+/m0/s1. The summed E-state index contributed by atoms with van der Waals surface area (Å²) in [6.45, 7) is 3.55. The van der Waals surface area contributed by atoms with Crippen molar-refractivity contribution >= 4 is 17.6 Å². The molecule has 1 aliphatic heterocycles. The molecule has 2 aromatic carbocycles. The predicted octanol–water partition coefficient (Wildman–Crippen LogP) is 3.21. The minimum atomic E-state index is -0.741. The van der Waals surface area contributed by atoms with Gasteiger partial charge in [-0.2, -0.15) is 0 Å². The molecule has 10 heteroatoms. The Bertz CT molecular complexity index is 1070. The number of hydrogen-bond donors (Lipinski definition) is 3. The van der Waals surface area contributed by atoms with Gasteiger partial charge in [0.1, 0.15) is 5.75 Å². The quantitative estimate of drug-likeness (QED) is 0.192. The summed E-state index contributed by atoms with van der Waals surface area (Å²) in [4.78, 5) is 25.1. The number of allylic oxidation sites excluding steroid dienone is 1. The maximum atomic E-state index is 13.1. The second-order valence-electron chi connectivity index (χ2n) is 8.48. The fourth-order valence-electron chi connectivity index (χ4n) is 4.15. The van der Waals surface area contributed by atoms with Gasteiger partial charge in [-0.15, -0.1) is 0 Å². The van der Waals surface area contributed by atoms with E-state index < -0.39 is 18.2 Å². The van der Waals surface area contributed by atoms with Crippen LogP contribution in [0.4, 0.5) is 5.69 Å². The Hall–Kier alpha value is -3.44. The number of benzene rings is 2. The van der Waals surface area contributed by atoms with Crippen molar-refractivity contribution < 1.29 is 43.5 Å². The van der Waals surface area contributed by atoms with Crippen LogP contribution in [-0.4, -0.2) is 75.1 Å². The molecule has 0 aliphatic carbocycles. The summed E-state index contributed by atoms with van der Waals surface area (Å²) in [5, 5.41) is 21.6. The van der Waals surface area contributed by atoms with E-state index >= 15 is 0 Å². The van der Waals surface area contributed by atoms with Crippen molar-refractivity contribution in [3.8, 4) is 5.75 Å². The number of hydrogen-bond acceptors (Lipinski definition) is 9. The summed E-state index contributed by atoms with van der Waals surface area (Å²) in [7, 11) is 1.32. The van der Waals surface area contributed by atoms with E-state index in [1.165, 1.54) is 13.2 Å². The van der Waals surface area contributed by atoms with Crippen molar-refractivity contribution in [2.24, 2.45) is 5.92 Å². The Labute approximate surface area is 222 Å². The summed E-state index contributed by atoms with van der Waals surface area (Å²) in [5.74, 6) is -1.48. The Morgan fingerprint density at radius 3 is 2.37 bits per heavy atom. The van der Waals surface area contributed by atoms with Gasteiger partial charge in [-0.1, -0.05) is 24.3 Å². The zero-order valence-corrected chi connectivity index (χ0v) is 21.6. The second kappa shape index (κ2) is 15.1. The molecule has 0 aromatic heterocycles. The van der Waals surface area contributed by atoms with E-state index in [1.54, 1.807) is 36.4 Å². The highest BCUT2D eigenvalue weighted by Gasteiger charge is 2.38. The number of aliphatic hydroxyl groups is 1. The normalized spacial score (nSPS) is 18.8. The van der Waals surface area contributed by atoms with Gasteiger partial charge in [-0.25, -0.2) is 4.79 Å². The lowest BCUT2D eigenvalue weighted by Crippen LogP contribution is -2.38. The van der Waals surface area contributed by atoms with Gasteiger partial charge in [0, 0.05) is 25.0 Å². The molecule has 3 atom stereocenters. The number of carbonyl (C=O) groups is 2. The zero-order valence-electron chi connectivity index (χ0n) is 21.6. The van der Waals surface area contributed by atoms with Crippen LogP contribution in [0.3, 0.4) is 0 Å². The Morgan fingerprint density at radius 1 is 1.00 bits per heavy atom. The van der Waals surface area contributed by atoms with Crippen LogP contribution in [-0.2, 0) is 28.5 Å². The van der Waals surface area contributed by atoms with E-state index in [0.29, 0.717) is 38.4 Å². The first-order valence-corrected chi connectivity index (χ1v) is 12.5. The van der Waals surface area contributed by atoms with Gasteiger partial charge < -0.3 is 39.2 Å². The number of methoxy groups -OCH3 is 1. The number of phenolic OH excluding ortho intramolecular Hbond substituents is 1. The number of nitrogens with one attached hydrogen (secondary N) is 1. The van der Waals surface area contributed by atoms with Gasteiger partial charge in [0.15, 0.2) is 5.76 Å². The first kappa shape index (κ1) is 29.1. The van der Waals surface area contributed by atoms with Crippen molar-refractivity contribution in [3.05, 3.63) is 71.5 Å². The molecular formula is C28H35NO9. The third-order valence-corrected chi connectivity index (χ3v) is 6.01. The number of anilines is 1. The van der Waals surface area contributed by atoms with E-state index in [0.717, 1.165) is 5.56 Å². The van der Waals surface area contributed by atoms with Crippen LogP contribution in [0.1, 0.15) is 35.2 Å². The lowest BCUT2D eigenvalue weighted by atomic mass is 9.81. The van der Waals surface area contributed by atoms with E-state index in [1.807, 2.05) is 19.1 Å². The molecule has 1 aliphatic rings. The van der Waals surface area contributed by atoms with Gasteiger partial charge in [0.2, 0.25) is 6.29 Å². The summed E-state index contributed by atoms with van der Waals surface area (Å²) >= 11 is 0. The number of carbonyl (C=O) groups excluding carboxylic acids is 2. The van der Waals surface area contributed by atoms with E-state index in [9.17, 15) is 14.7 Å². The van der Waals surface area contributed by atoms with Gasteiger partial charge in [0.05, 0.1) is 44.8 Å². The molecule has 0 radical (unpaired) electrons. The maximum Gasteiger partial charge on any atom is 0.337 e. The highest BCUT2D eigenvalue weighted by molar-refractivity contribution is 6.03. The van der Waals surface area contributed by atoms with Gasteiger partial charge in [-0.05, 0) is 49.2 Å². The van der Waals surface area contributed by atoms with E-state index in [4.69, 9.17) is 28.8 Å². The molecule has 1 heterocycles. The molecule has 0 saturated carbocycles. The van der Waals surface area contributed by atoms with Gasteiger partial charge in [-0.3, -0.25) is 4.79 Å². The molecule has 0 fully saturated rings. The molecule has 0 saturated heterocycles. The highest BCUT2D eigenvalue weighted by atomic mass is 16.7. The summed E-state index contributed by atoms with van der Waals surface area (Å²) in [5.41, 5.74) is 1.52. The van der Waals surface area contributed by atoms with Crippen molar-refractivity contribution in [1.82, 2.24) is 0 Å². The molecule has 1 amide bonds. The summed E-state index contributed by atoms with van der Waals surface area (Å²) in [6.07, 6.45) is 1.54. The molecule has 0 unspecified atom stereocenters. The van der Waals surface area contributed by atoms with E-state index in [-0.39, 0.29) is 42.2 Å². The summed E-state index contributed by atoms with van der Waals surface area (Å²) in [6, 6.07) is 13.4. The minimum absolute atomic E-state index is 0.0436. The third kappa shape index (κ3) is 8.03. The Morgan fingerprint density at radius 2 is 1.71 bits per heavy atom. The smallest absolute Gasteiger partial charge is 0.337 e. The van der Waals surface area contributed by atoms with Crippen LogP contribution < -0.4 is 5.32 Å². The minimum Gasteiger partial charge on any atom is -0.506 e. The topological polar surface area (TPSA) is 133 Å². The number of phenols is 1. The van der Waals surface area contributed by atoms with Crippen LogP contribution >= 0.6 is 0 Å². The average Bonchev–Trinajstić information content (AvgIpc) is 2.94. The molecule has 3 rings (SSSR count). The van der Waals surface area contributed by atoms with Crippen molar-refractivity contribution in [2.45, 2.75) is 25.6 Å². The maximum absolute atomic E-state index is 13.1. The lowest BCUT2D eigenvalue weighted by Gasteiger charge is -2.37. The number of aromatic hydroxyl groups is 1. The molecular weight excluding hydrogens is 494 g/mol. The van der Waals surface area contributed by atoms with Gasteiger partial charge >= 0.3 is 5.97 Å². The fraction of sp³-hybridized carbons (Fsp3) is 0.429. The van der Waals surface area contributed by atoms with Crippen molar-refractivity contribution in [2.75, 3.05) is 52.1 Å². The highest BCUT2D eigenvalue weighted by Crippen LogP contribution is 2.39. The number of esters is 1. The van der Waals surface area contributed by atoms with Crippen molar-refractivity contribution in [3.63, 3.8) is 0 Å². The van der Waals surface area contributed by atoms with Crippen LogP contribution in [0.2, 0.25) is 0 Å². The number of aliphatic hydroxyl groups excluding tert-OH is 1. The molecule has 38 heavy (non-hydrogen) atoms. The Balaban J connectivity index is 1.85. The van der Waals surface area contributed by atoms with Crippen LogP contribution in [0.15, 0.2) is 60.4 Å². The number of amides is 1. The molecule has 0 spiro atoms.